The van der Waals surface area contributed by atoms with E-state index >= 15 is 0 Å². The molecule has 2 aliphatic rings. The molecule has 2 fully saturated rings. The molecule has 0 aromatic heterocycles. The summed E-state index contributed by atoms with van der Waals surface area (Å²) in [6, 6.07) is 13.0. The van der Waals surface area contributed by atoms with Crippen LogP contribution in [0.25, 0.3) is 5.76 Å². The van der Waals surface area contributed by atoms with Crippen LogP contribution in [0.15, 0.2) is 52.5 Å². The standard InChI is InChI=1S/C26H28BrNO3/c1-3-17-9-11-18(12-10-17)23-22(24(29)19-13-14-21(27)16(2)15-19)25(30)26(31)28(23)20-7-5-4-6-8-20/h9-15,20,23,29H,3-8H2,1-2H3/b24-22-. The average Bonchev–Trinajstić information content (AvgIpc) is 3.06. The van der Waals surface area contributed by atoms with E-state index in [4.69, 9.17) is 0 Å². The Morgan fingerprint density at radius 1 is 1.06 bits per heavy atom. The number of aryl methyl sites for hydroxylation is 2. The summed E-state index contributed by atoms with van der Waals surface area (Å²) in [4.78, 5) is 28.2. The summed E-state index contributed by atoms with van der Waals surface area (Å²) < 4.78 is 0.929. The van der Waals surface area contributed by atoms with Gasteiger partial charge in [-0.2, -0.15) is 0 Å². The minimum absolute atomic E-state index is 0.0259. The number of amides is 1. The molecule has 162 valence electrons. The van der Waals surface area contributed by atoms with Crippen LogP contribution in [-0.2, 0) is 16.0 Å². The van der Waals surface area contributed by atoms with Crippen molar-refractivity contribution in [2.45, 2.75) is 64.5 Å². The maximum Gasteiger partial charge on any atom is 0.295 e. The molecule has 0 radical (unpaired) electrons. The van der Waals surface area contributed by atoms with Gasteiger partial charge in [0.05, 0.1) is 11.6 Å². The number of likely N-dealkylation sites (tertiary alicyclic amines) is 1. The van der Waals surface area contributed by atoms with E-state index in [1.807, 2.05) is 43.3 Å². The Hall–Kier alpha value is -2.40. The number of Topliss-reactive ketones (excluding diaryl/α,β-unsaturated/α-hetero) is 1. The number of aliphatic hydroxyl groups is 1. The van der Waals surface area contributed by atoms with E-state index in [0.29, 0.717) is 5.56 Å². The highest BCUT2D eigenvalue weighted by Gasteiger charge is 2.48. The minimum Gasteiger partial charge on any atom is -0.507 e. The number of carbonyl (C=O) groups excluding carboxylic acids is 2. The number of nitrogens with zero attached hydrogens (tertiary/aromatic N) is 1. The highest BCUT2D eigenvalue weighted by Crippen LogP contribution is 2.43. The molecule has 1 saturated heterocycles. The fraction of sp³-hybridized carbons (Fsp3) is 0.385. The van der Waals surface area contributed by atoms with E-state index in [9.17, 15) is 14.7 Å². The van der Waals surface area contributed by atoms with Crippen LogP contribution in [0.2, 0.25) is 0 Å². The lowest BCUT2D eigenvalue weighted by Crippen LogP contribution is -2.40. The van der Waals surface area contributed by atoms with E-state index in [0.717, 1.165) is 54.1 Å². The van der Waals surface area contributed by atoms with Crippen LogP contribution >= 0.6 is 15.9 Å². The second kappa shape index (κ2) is 8.99. The molecular formula is C26H28BrNO3. The predicted octanol–water partition coefficient (Wildman–Crippen LogP) is 6.07. The van der Waals surface area contributed by atoms with Gasteiger partial charge >= 0.3 is 0 Å². The van der Waals surface area contributed by atoms with Crippen molar-refractivity contribution in [2.75, 3.05) is 0 Å². The molecule has 31 heavy (non-hydrogen) atoms. The Balaban J connectivity index is 1.87. The third kappa shape index (κ3) is 4.08. The molecule has 1 aliphatic carbocycles. The Kier molecular flexibility index (Phi) is 6.33. The molecule has 1 saturated carbocycles. The van der Waals surface area contributed by atoms with Crippen LogP contribution in [0.3, 0.4) is 0 Å². The van der Waals surface area contributed by atoms with Crippen molar-refractivity contribution in [1.29, 1.82) is 0 Å². The number of carbonyl (C=O) groups is 2. The van der Waals surface area contributed by atoms with Crippen molar-refractivity contribution in [3.05, 3.63) is 74.8 Å². The van der Waals surface area contributed by atoms with Crippen molar-refractivity contribution in [1.82, 2.24) is 4.90 Å². The van der Waals surface area contributed by atoms with Gasteiger partial charge in [-0.15, -0.1) is 0 Å². The lowest BCUT2D eigenvalue weighted by Gasteiger charge is -2.35. The van der Waals surface area contributed by atoms with Gasteiger partial charge in [-0.1, -0.05) is 72.4 Å². The van der Waals surface area contributed by atoms with Crippen LogP contribution in [0.4, 0.5) is 0 Å². The van der Waals surface area contributed by atoms with Gasteiger partial charge in [-0.05, 0) is 55.0 Å². The lowest BCUT2D eigenvalue weighted by atomic mass is 9.90. The Morgan fingerprint density at radius 3 is 2.35 bits per heavy atom. The summed E-state index contributed by atoms with van der Waals surface area (Å²) in [6.07, 6.45) is 5.99. The number of benzene rings is 2. The third-order valence-corrected chi connectivity index (χ3v) is 7.47. The summed E-state index contributed by atoms with van der Waals surface area (Å²) in [6.45, 7) is 4.03. The first-order valence-corrected chi connectivity index (χ1v) is 11.9. The first kappa shape index (κ1) is 21.8. The second-order valence-corrected chi connectivity index (χ2v) is 9.41. The first-order valence-electron chi connectivity index (χ1n) is 11.1. The summed E-state index contributed by atoms with van der Waals surface area (Å²) in [7, 11) is 0. The van der Waals surface area contributed by atoms with Crippen LogP contribution in [0.1, 0.15) is 67.3 Å². The van der Waals surface area contributed by atoms with Crippen LogP contribution in [-0.4, -0.2) is 27.7 Å². The first-order chi connectivity index (χ1) is 14.9. The van der Waals surface area contributed by atoms with Crippen molar-refractivity contribution in [2.24, 2.45) is 0 Å². The van der Waals surface area contributed by atoms with E-state index in [1.165, 1.54) is 5.56 Å². The summed E-state index contributed by atoms with van der Waals surface area (Å²) in [5.74, 6) is -1.18. The van der Waals surface area contributed by atoms with Gasteiger partial charge in [0.2, 0.25) is 0 Å². The van der Waals surface area contributed by atoms with E-state index in [1.54, 1.807) is 11.0 Å². The number of hydrogen-bond acceptors (Lipinski definition) is 3. The van der Waals surface area contributed by atoms with Gasteiger partial charge < -0.3 is 10.0 Å². The third-order valence-electron chi connectivity index (χ3n) is 6.58. The smallest absolute Gasteiger partial charge is 0.295 e. The fourth-order valence-electron chi connectivity index (χ4n) is 4.80. The van der Waals surface area contributed by atoms with Gasteiger partial charge in [0.25, 0.3) is 11.7 Å². The van der Waals surface area contributed by atoms with Crippen LogP contribution < -0.4 is 0 Å². The lowest BCUT2D eigenvalue weighted by molar-refractivity contribution is -0.141. The molecule has 1 amide bonds. The molecule has 4 nitrogen and oxygen atoms in total. The quantitative estimate of drug-likeness (QED) is 0.327. The predicted molar refractivity (Wildman–Crippen MR) is 126 cm³/mol. The number of hydrogen-bond donors (Lipinski definition) is 1. The molecule has 2 aromatic carbocycles. The number of aliphatic hydroxyl groups excluding tert-OH is 1. The molecule has 4 rings (SSSR count). The van der Waals surface area contributed by atoms with E-state index < -0.39 is 17.7 Å². The van der Waals surface area contributed by atoms with Crippen LogP contribution in [0.5, 0.6) is 0 Å². The molecule has 1 N–H and O–H groups in total. The normalized spacial score (nSPS) is 21.6. The van der Waals surface area contributed by atoms with Gasteiger partial charge in [-0.3, -0.25) is 9.59 Å². The summed E-state index contributed by atoms with van der Waals surface area (Å²) in [5.41, 5.74) is 3.77. The fourth-order valence-corrected chi connectivity index (χ4v) is 5.04. The molecule has 1 aliphatic heterocycles. The van der Waals surface area contributed by atoms with Crippen molar-refractivity contribution >= 4 is 33.4 Å². The monoisotopic (exact) mass is 481 g/mol. The Labute approximate surface area is 192 Å². The molecule has 0 spiro atoms. The van der Waals surface area contributed by atoms with E-state index in [2.05, 4.69) is 22.9 Å². The van der Waals surface area contributed by atoms with Crippen molar-refractivity contribution < 1.29 is 14.7 Å². The number of rotatable bonds is 4. The second-order valence-electron chi connectivity index (χ2n) is 8.56. The van der Waals surface area contributed by atoms with Crippen LogP contribution in [0, 0.1) is 6.92 Å². The zero-order chi connectivity index (χ0) is 22.1. The number of ketones is 1. The minimum atomic E-state index is -0.590. The van der Waals surface area contributed by atoms with Gasteiger partial charge in [-0.25, -0.2) is 0 Å². The molecule has 5 heteroatoms. The molecule has 1 atom stereocenters. The Morgan fingerprint density at radius 2 is 1.74 bits per heavy atom. The SMILES string of the molecule is CCc1ccc(C2/C(=C(/O)c3ccc(Br)c(C)c3)C(=O)C(=O)N2C2CCCCC2)cc1. The van der Waals surface area contributed by atoms with Gasteiger partial charge in [0.1, 0.15) is 5.76 Å². The molecule has 0 bridgehead atoms. The maximum atomic E-state index is 13.2. The van der Waals surface area contributed by atoms with E-state index in [-0.39, 0.29) is 17.4 Å². The van der Waals surface area contributed by atoms with Crippen molar-refractivity contribution in [3.8, 4) is 0 Å². The zero-order valence-electron chi connectivity index (χ0n) is 18.0. The zero-order valence-corrected chi connectivity index (χ0v) is 19.6. The van der Waals surface area contributed by atoms with Crippen molar-refractivity contribution in [3.63, 3.8) is 0 Å². The molecule has 2 aromatic rings. The maximum absolute atomic E-state index is 13.2. The average molecular weight is 482 g/mol. The van der Waals surface area contributed by atoms with Gasteiger partial charge in [0.15, 0.2) is 0 Å². The summed E-state index contributed by atoms with van der Waals surface area (Å²) >= 11 is 3.48. The van der Waals surface area contributed by atoms with Gasteiger partial charge in [0, 0.05) is 16.1 Å². The molecule has 1 heterocycles. The Bertz CT molecular complexity index is 1040. The topological polar surface area (TPSA) is 57.6 Å². The largest absolute Gasteiger partial charge is 0.507 e. The highest BCUT2D eigenvalue weighted by atomic mass is 79.9. The number of halogens is 1. The molecule has 1 unspecified atom stereocenters. The highest BCUT2D eigenvalue weighted by molar-refractivity contribution is 9.10. The summed E-state index contributed by atoms with van der Waals surface area (Å²) in [5, 5.41) is 11.2. The molecular weight excluding hydrogens is 454 g/mol.